The first-order valence-electron chi connectivity index (χ1n) is 7.54. The number of benzene rings is 1. The van der Waals surface area contributed by atoms with Crippen LogP contribution in [-0.4, -0.2) is 29.7 Å². The zero-order valence-corrected chi connectivity index (χ0v) is 11.9. The Morgan fingerprint density at radius 3 is 2.81 bits per heavy atom. The Hall–Kier alpha value is -2.04. The summed E-state index contributed by atoms with van der Waals surface area (Å²) < 4.78 is 0. The van der Waals surface area contributed by atoms with Gasteiger partial charge in [0.25, 0.3) is 0 Å². The quantitative estimate of drug-likeness (QED) is 0.878. The van der Waals surface area contributed by atoms with Gasteiger partial charge >= 0.3 is 12.0 Å². The molecule has 1 aliphatic carbocycles. The molecule has 0 unspecified atom stereocenters. The van der Waals surface area contributed by atoms with Crippen molar-refractivity contribution in [2.45, 2.75) is 38.1 Å². The number of urea groups is 1. The predicted molar refractivity (Wildman–Crippen MR) is 79.4 cm³/mol. The van der Waals surface area contributed by atoms with Crippen LogP contribution >= 0.6 is 0 Å². The standard InChI is InChI=1S/C16H20N2O3/c19-15(20)12-7-8-13(10-12)17-16(21)18-9-3-5-11-4-1-2-6-14(11)18/h1-2,4,6,12-13H,3,5,7-10H2,(H,17,21)(H,19,20)/t12-,13+/m1/s1. The van der Waals surface area contributed by atoms with Gasteiger partial charge in [-0.2, -0.15) is 0 Å². The second kappa shape index (κ2) is 5.76. The third kappa shape index (κ3) is 2.86. The molecule has 0 spiro atoms. The normalized spacial score (nSPS) is 24.5. The fourth-order valence-corrected chi connectivity index (χ4v) is 3.33. The minimum atomic E-state index is -0.755. The lowest BCUT2D eigenvalue weighted by atomic mass is 10.0. The molecule has 3 rings (SSSR count). The number of hydrogen-bond acceptors (Lipinski definition) is 2. The number of carbonyl (C=O) groups excluding carboxylic acids is 1. The lowest BCUT2D eigenvalue weighted by molar-refractivity contribution is -0.141. The highest BCUT2D eigenvalue weighted by Crippen LogP contribution is 2.29. The van der Waals surface area contributed by atoms with Crippen LogP contribution in [-0.2, 0) is 11.2 Å². The molecule has 112 valence electrons. The van der Waals surface area contributed by atoms with Crippen molar-refractivity contribution in [2.24, 2.45) is 5.92 Å². The average molecular weight is 288 g/mol. The molecule has 1 fully saturated rings. The van der Waals surface area contributed by atoms with Crippen molar-refractivity contribution < 1.29 is 14.7 Å². The van der Waals surface area contributed by atoms with Crippen LogP contribution in [0.5, 0.6) is 0 Å². The SMILES string of the molecule is O=C(O)[C@@H]1CC[C@H](NC(=O)N2CCCc3ccccc32)C1. The van der Waals surface area contributed by atoms with Crippen LogP contribution in [0.4, 0.5) is 10.5 Å². The minimum Gasteiger partial charge on any atom is -0.481 e. The van der Waals surface area contributed by atoms with Crippen LogP contribution < -0.4 is 10.2 Å². The number of rotatable bonds is 2. The summed E-state index contributed by atoms with van der Waals surface area (Å²) in [5, 5.41) is 12.0. The number of carboxylic acid groups (broad SMARTS) is 1. The third-order valence-corrected chi connectivity index (χ3v) is 4.46. The molecule has 2 atom stereocenters. The average Bonchev–Trinajstić information content (AvgIpc) is 2.95. The molecule has 0 aromatic heterocycles. The fourth-order valence-electron chi connectivity index (χ4n) is 3.33. The Kier molecular flexibility index (Phi) is 3.82. The lowest BCUT2D eigenvalue weighted by Gasteiger charge is -2.30. The van der Waals surface area contributed by atoms with Crippen LogP contribution in [0.25, 0.3) is 0 Å². The second-order valence-electron chi connectivity index (χ2n) is 5.88. The van der Waals surface area contributed by atoms with Gasteiger partial charge in [-0.15, -0.1) is 0 Å². The Morgan fingerprint density at radius 1 is 1.24 bits per heavy atom. The van der Waals surface area contributed by atoms with Gasteiger partial charge in [-0.1, -0.05) is 18.2 Å². The topological polar surface area (TPSA) is 69.6 Å². The Labute approximate surface area is 123 Å². The van der Waals surface area contributed by atoms with Crippen LogP contribution in [0.15, 0.2) is 24.3 Å². The van der Waals surface area contributed by atoms with Gasteiger partial charge in [0.2, 0.25) is 0 Å². The van der Waals surface area contributed by atoms with E-state index in [2.05, 4.69) is 11.4 Å². The van der Waals surface area contributed by atoms with Crippen LogP contribution in [0, 0.1) is 5.92 Å². The van der Waals surface area contributed by atoms with Crippen molar-refractivity contribution >= 4 is 17.7 Å². The summed E-state index contributed by atoms with van der Waals surface area (Å²) in [4.78, 5) is 25.2. The summed E-state index contributed by atoms with van der Waals surface area (Å²) in [6.45, 7) is 0.720. The number of hydrogen-bond donors (Lipinski definition) is 2. The smallest absolute Gasteiger partial charge is 0.322 e. The molecule has 1 saturated carbocycles. The van der Waals surface area contributed by atoms with Gasteiger partial charge in [0.05, 0.1) is 5.92 Å². The van der Waals surface area contributed by atoms with Crippen LogP contribution in [0.3, 0.4) is 0 Å². The van der Waals surface area contributed by atoms with E-state index in [0.717, 1.165) is 31.5 Å². The maximum Gasteiger partial charge on any atom is 0.322 e. The van der Waals surface area contributed by atoms with Crippen molar-refractivity contribution in [3.63, 3.8) is 0 Å². The maximum atomic E-state index is 12.5. The fraction of sp³-hybridized carbons (Fsp3) is 0.500. The van der Waals surface area contributed by atoms with Crippen molar-refractivity contribution in [3.8, 4) is 0 Å². The third-order valence-electron chi connectivity index (χ3n) is 4.46. The Balaban J connectivity index is 1.66. The first-order chi connectivity index (χ1) is 10.1. The van der Waals surface area contributed by atoms with E-state index < -0.39 is 5.97 Å². The van der Waals surface area contributed by atoms with E-state index in [1.165, 1.54) is 5.56 Å². The van der Waals surface area contributed by atoms with Gasteiger partial charge in [0.15, 0.2) is 0 Å². The first kappa shape index (κ1) is 13.9. The molecule has 1 aromatic rings. The number of aliphatic carboxylic acids is 1. The molecule has 0 radical (unpaired) electrons. The molecule has 5 heteroatoms. The van der Waals surface area contributed by atoms with E-state index in [4.69, 9.17) is 5.11 Å². The number of carbonyl (C=O) groups is 2. The van der Waals surface area contributed by atoms with Gasteiger partial charge < -0.3 is 10.4 Å². The van der Waals surface area contributed by atoms with Gasteiger partial charge in [0, 0.05) is 18.3 Å². The molecule has 2 N–H and O–H groups in total. The first-order valence-corrected chi connectivity index (χ1v) is 7.54. The van der Waals surface area contributed by atoms with E-state index in [0.29, 0.717) is 12.8 Å². The van der Waals surface area contributed by atoms with Gasteiger partial charge in [-0.3, -0.25) is 9.69 Å². The molecule has 2 amide bonds. The highest BCUT2D eigenvalue weighted by molar-refractivity contribution is 5.93. The van der Waals surface area contributed by atoms with E-state index in [1.54, 1.807) is 4.90 Å². The van der Waals surface area contributed by atoms with Crippen molar-refractivity contribution in [2.75, 3.05) is 11.4 Å². The molecule has 1 heterocycles. The molecule has 5 nitrogen and oxygen atoms in total. The number of amides is 2. The number of nitrogens with zero attached hydrogens (tertiary/aromatic N) is 1. The van der Waals surface area contributed by atoms with E-state index in [1.807, 2.05) is 18.2 Å². The molecule has 21 heavy (non-hydrogen) atoms. The number of fused-ring (bicyclic) bond motifs is 1. The number of anilines is 1. The van der Waals surface area contributed by atoms with Crippen LogP contribution in [0.2, 0.25) is 0 Å². The monoisotopic (exact) mass is 288 g/mol. The summed E-state index contributed by atoms with van der Waals surface area (Å²) in [5.41, 5.74) is 2.18. The van der Waals surface area contributed by atoms with E-state index >= 15 is 0 Å². The van der Waals surface area contributed by atoms with Gasteiger partial charge in [-0.25, -0.2) is 4.79 Å². The zero-order valence-electron chi connectivity index (χ0n) is 11.9. The lowest BCUT2D eigenvalue weighted by Crippen LogP contribution is -2.46. The molecular formula is C16H20N2O3. The van der Waals surface area contributed by atoms with E-state index in [-0.39, 0.29) is 18.0 Å². The summed E-state index contributed by atoms with van der Waals surface area (Å²) in [6.07, 6.45) is 3.91. The highest BCUT2D eigenvalue weighted by atomic mass is 16.4. The van der Waals surface area contributed by atoms with E-state index in [9.17, 15) is 9.59 Å². The van der Waals surface area contributed by atoms with Crippen molar-refractivity contribution in [3.05, 3.63) is 29.8 Å². The molecule has 1 aliphatic heterocycles. The second-order valence-corrected chi connectivity index (χ2v) is 5.88. The molecule has 1 aromatic carbocycles. The zero-order chi connectivity index (χ0) is 14.8. The maximum absolute atomic E-state index is 12.5. The van der Waals surface area contributed by atoms with Crippen LogP contribution in [0.1, 0.15) is 31.2 Å². The summed E-state index contributed by atoms with van der Waals surface area (Å²) >= 11 is 0. The van der Waals surface area contributed by atoms with Crippen molar-refractivity contribution in [1.29, 1.82) is 0 Å². The molecule has 0 bridgehead atoms. The molecule has 0 saturated heterocycles. The largest absolute Gasteiger partial charge is 0.481 e. The Bertz CT molecular complexity index is 558. The predicted octanol–water partition coefficient (Wildman–Crippen LogP) is 2.40. The number of carboxylic acids is 1. The number of aryl methyl sites for hydroxylation is 1. The summed E-state index contributed by atoms with van der Waals surface area (Å²) in [7, 11) is 0. The molecule has 2 aliphatic rings. The number of nitrogens with one attached hydrogen (secondary N) is 1. The minimum absolute atomic E-state index is 0.0207. The van der Waals surface area contributed by atoms with Gasteiger partial charge in [0.1, 0.15) is 0 Å². The summed E-state index contributed by atoms with van der Waals surface area (Å²) in [5.74, 6) is -1.07. The summed E-state index contributed by atoms with van der Waals surface area (Å²) in [6, 6.07) is 7.86. The van der Waals surface area contributed by atoms with Gasteiger partial charge in [-0.05, 0) is 43.7 Å². The molecular weight excluding hydrogens is 268 g/mol. The number of para-hydroxylation sites is 1. The highest BCUT2D eigenvalue weighted by Gasteiger charge is 2.32. The Morgan fingerprint density at radius 2 is 2.05 bits per heavy atom. The van der Waals surface area contributed by atoms with Crippen molar-refractivity contribution in [1.82, 2.24) is 5.32 Å².